The largest absolute Gasteiger partial charge is 0.345 e. The third kappa shape index (κ3) is 5.09. The highest BCUT2D eigenvalue weighted by Gasteiger charge is 2.15. The number of hydrogen-bond donors (Lipinski definition) is 3. The second-order valence-corrected chi connectivity index (χ2v) is 4.50. The topological polar surface area (TPSA) is 87.3 Å². The maximum absolute atomic E-state index is 11.7. The summed E-state index contributed by atoms with van der Waals surface area (Å²) in [7, 11) is 0. The number of nitrogens with one attached hydrogen (secondary N) is 3. The number of carbonyl (C=O) groups is 3. The molecule has 1 aromatic rings. The Morgan fingerprint density at radius 3 is 2.25 bits per heavy atom. The van der Waals surface area contributed by atoms with Crippen molar-refractivity contribution >= 4 is 29.1 Å². The van der Waals surface area contributed by atoms with Gasteiger partial charge in [0.25, 0.3) is 0 Å². The van der Waals surface area contributed by atoms with Crippen molar-refractivity contribution in [2.45, 2.75) is 33.2 Å². The minimum atomic E-state index is -0.731. The Balaban J connectivity index is 2.66. The lowest BCUT2D eigenvalue weighted by Crippen LogP contribution is -2.40. The molecule has 0 saturated carbocycles. The molecule has 1 unspecified atom stereocenters. The zero-order valence-corrected chi connectivity index (χ0v) is 11.8. The molecular weight excluding hydrogens is 258 g/mol. The lowest BCUT2D eigenvalue weighted by molar-refractivity contribution is -0.136. The minimum absolute atomic E-state index is 0.0565. The van der Waals surface area contributed by atoms with Crippen LogP contribution in [0, 0.1) is 0 Å². The van der Waals surface area contributed by atoms with Crippen LogP contribution in [0.2, 0.25) is 0 Å². The molecule has 0 heterocycles. The highest BCUT2D eigenvalue weighted by Crippen LogP contribution is 2.14. The van der Waals surface area contributed by atoms with Crippen molar-refractivity contribution in [1.29, 1.82) is 0 Å². The monoisotopic (exact) mass is 277 g/mol. The van der Waals surface area contributed by atoms with Crippen molar-refractivity contribution in [3.8, 4) is 0 Å². The molecule has 0 fully saturated rings. The molecule has 0 aromatic heterocycles. The van der Waals surface area contributed by atoms with Gasteiger partial charge in [-0.3, -0.25) is 14.4 Å². The lowest BCUT2D eigenvalue weighted by Gasteiger charge is -2.11. The second kappa shape index (κ2) is 7.28. The molecule has 3 amide bonds. The van der Waals surface area contributed by atoms with Gasteiger partial charge in [-0.1, -0.05) is 13.0 Å². The standard InChI is InChI=1S/C14H19N3O3/c1-4-9(2)15-13(19)14(20)17-12-7-5-6-11(8-12)16-10(3)18/h5-9H,4H2,1-3H3,(H,15,19)(H,16,18)(H,17,20). The molecule has 0 aliphatic rings. The zero-order chi connectivity index (χ0) is 15.1. The van der Waals surface area contributed by atoms with E-state index in [0.717, 1.165) is 6.42 Å². The van der Waals surface area contributed by atoms with Gasteiger partial charge in [-0.05, 0) is 31.5 Å². The van der Waals surface area contributed by atoms with Crippen LogP contribution in [-0.2, 0) is 14.4 Å². The summed E-state index contributed by atoms with van der Waals surface area (Å²) in [5.41, 5.74) is 0.998. The molecule has 1 rings (SSSR count). The van der Waals surface area contributed by atoms with Crippen LogP contribution in [0.4, 0.5) is 11.4 Å². The van der Waals surface area contributed by atoms with E-state index in [1.54, 1.807) is 24.3 Å². The Kier molecular flexibility index (Phi) is 5.71. The average Bonchev–Trinajstić information content (AvgIpc) is 2.38. The minimum Gasteiger partial charge on any atom is -0.345 e. The molecule has 3 N–H and O–H groups in total. The van der Waals surface area contributed by atoms with Gasteiger partial charge in [-0.25, -0.2) is 0 Å². The summed E-state index contributed by atoms with van der Waals surface area (Å²) < 4.78 is 0. The van der Waals surface area contributed by atoms with Crippen LogP contribution in [0.1, 0.15) is 27.2 Å². The third-order valence-corrected chi connectivity index (χ3v) is 2.64. The van der Waals surface area contributed by atoms with Gasteiger partial charge in [0.2, 0.25) is 5.91 Å². The highest BCUT2D eigenvalue weighted by molar-refractivity contribution is 6.39. The molecule has 0 aliphatic heterocycles. The van der Waals surface area contributed by atoms with Gasteiger partial charge in [0.1, 0.15) is 0 Å². The van der Waals surface area contributed by atoms with Crippen LogP contribution in [0.5, 0.6) is 0 Å². The predicted octanol–water partition coefficient (Wildman–Crippen LogP) is 1.50. The fourth-order valence-electron chi connectivity index (χ4n) is 1.46. The van der Waals surface area contributed by atoms with Gasteiger partial charge in [0, 0.05) is 24.3 Å². The van der Waals surface area contributed by atoms with E-state index in [9.17, 15) is 14.4 Å². The molecule has 0 aliphatic carbocycles. The van der Waals surface area contributed by atoms with Gasteiger partial charge < -0.3 is 16.0 Å². The van der Waals surface area contributed by atoms with E-state index in [2.05, 4.69) is 16.0 Å². The van der Waals surface area contributed by atoms with E-state index in [1.165, 1.54) is 6.92 Å². The number of anilines is 2. The van der Waals surface area contributed by atoms with Crippen molar-refractivity contribution in [3.05, 3.63) is 24.3 Å². The van der Waals surface area contributed by atoms with E-state index in [-0.39, 0.29) is 11.9 Å². The van der Waals surface area contributed by atoms with Crippen LogP contribution in [-0.4, -0.2) is 23.8 Å². The smallest absolute Gasteiger partial charge is 0.313 e. The summed E-state index contributed by atoms with van der Waals surface area (Å²) in [6.07, 6.45) is 0.747. The Morgan fingerprint density at radius 1 is 1.10 bits per heavy atom. The molecule has 6 heteroatoms. The van der Waals surface area contributed by atoms with Gasteiger partial charge in [-0.2, -0.15) is 0 Å². The molecule has 0 bridgehead atoms. The summed E-state index contributed by atoms with van der Waals surface area (Å²) in [5, 5.41) is 7.66. The van der Waals surface area contributed by atoms with Crippen LogP contribution in [0.15, 0.2) is 24.3 Å². The summed E-state index contributed by atoms with van der Waals surface area (Å²) >= 11 is 0. The first-order valence-corrected chi connectivity index (χ1v) is 6.42. The van der Waals surface area contributed by atoms with Crippen molar-refractivity contribution in [3.63, 3.8) is 0 Å². The zero-order valence-electron chi connectivity index (χ0n) is 11.8. The fourth-order valence-corrected chi connectivity index (χ4v) is 1.46. The summed E-state index contributed by atoms with van der Waals surface area (Å²) in [4.78, 5) is 34.2. The van der Waals surface area contributed by atoms with Crippen LogP contribution < -0.4 is 16.0 Å². The number of rotatable bonds is 4. The Morgan fingerprint density at radius 2 is 1.70 bits per heavy atom. The third-order valence-electron chi connectivity index (χ3n) is 2.64. The molecule has 6 nitrogen and oxygen atoms in total. The van der Waals surface area contributed by atoms with Crippen molar-refractivity contribution in [2.75, 3.05) is 10.6 Å². The first kappa shape index (κ1) is 15.7. The maximum atomic E-state index is 11.7. The second-order valence-electron chi connectivity index (χ2n) is 4.50. The number of carbonyl (C=O) groups excluding carboxylic acids is 3. The first-order valence-electron chi connectivity index (χ1n) is 6.42. The predicted molar refractivity (Wildman–Crippen MR) is 77.3 cm³/mol. The van der Waals surface area contributed by atoms with Crippen molar-refractivity contribution in [1.82, 2.24) is 5.32 Å². The van der Waals surface area contributed by atoms with E-state index in [0.29, 0.717) is 11.4 Å². The van der Waals surface area contributed by atoms with Gasteiger partial charge in [0.15, 0.2) is 0 Å². The van der Waals surface area contributed by atoms with Gasteiger partial charge in [-0.15, -0.1) is 0 Å². The Bertz CT molecular complexity index is 514. The summed E-state index contributed by atoms with van der Waals surface area (Å²) in [5.74, 6) is -1.61. The molecule has 0 saturated heterocycles. The SMILES string of the molecule is CCC(C)NC(=O)C(=O)Nc1cccc(NC(C)=O)c1. The first-order chi connectivity index (χ1) is 9.42. The molecule has 1 aromatic carbocycles. The number of hydrogen-bond acceptors (Lipinski definition) is 3. The van der Waals surface area contributed by atoms with Crippen molar-refractivity contribution < 1.29 is 14.4 Å². The summed E-state index contributed by atoms with van der Waals surface area (Å²) in [6.45, 7) is 5.13. The molecule has 1 atom stereocenters. The molecule has 108 valence electrons. The van der Waals surface area contributed by atoms with Crippen LogP contribution in [0.3, 0.4) is 0 Å². The quantitative estimate of drug-likeness (QED) is 0.729. The highest BCUT2D eigenvalue weighted by atomic mass is 16.2. The van der Waals surface area contributed by atoms with Crippen molar-refractivity contribution in [2.24, 2.45) is 0 Å². The van der Waals surface area contributed by atoms with E-state index < -0.39 is 11.8 Å². The number of amides is 3. The van der Waals surface area contributed by atoms with Gasteiger partial charge >= 0.3 is 11.8 Å². The Hall–Kier alpha value is -2.37. The normalized spacial score (nSPS) is 11.3. The average molecular weight is 277 g/mol. The fraction of sp³-hybridized carbons (Fsp3) is 0.357. The van der Waals surface area contributed by atoms with Gasteiger partial charge in [0.05, 0.1) is 0 Å². The molecule has 20 heavy (non-hydrogen) atoms. The molecule has 0 spiro atoms. The number of benzene rings is 1. The van der Waals surface area contributed by atoms with E-state index >= 15 is 0 Å². The maximum Gasteiger partial charge on any atom is 0.313 e. The lowest BCUT2D eigenvalue weighted by atomic mass is 10.2. The molecular formula is C14H19N3O3. The van der Waals surface area contributed by atoms with Crippen LogP contribution in [0.25, 0.3) is 0 Å². The van der Waals surface area contributed by atoms with E-state index in [4.69, 9.17) is 0 Å². The van der Waals surface area contributed by atoms with Crippen LogP contribution >= 0.6 is 0 Å². The summed E-state index contributed by atoms with van der Waals surface area (Å²) in [6, 6.07) is 6.53. The van der Waals surface area contributed by atoms with E-state index in [1.807, 2.05) is 13.8 Å². The Labute approximate surface area is 117 Å². The molecule has 0 radical (unpaired) electrons.